The first-order valence-electron chi connectivity index (χ1n) is 8.52. The summed E-state index contributed by atoms with van der Waals surface area (Å²) in [7, 11) is 0. The average Bonchev–Trinajstić information content (AvgIpc) is 3.10. The highest BCUT2D eigenvalue weighted by molar-refractivity contribution is 5.92. The Hall–Kier alpha value is -2.38. The number of ether oxygens (including phenoxy) is 2. The van der Waals surface area contributed by atoms with Gasteiger partial charge in [-0.25, -0.2) is 9.97 Å². The molecule has 1 aliphatic heterocycles. The predicted molar refractivity (Wildman–Crippen MR) is 88.6 cm³/mol. The Labute approximate surface area is 146 Å². The average molecular weight is 340 g/mol. The summed E-state index contributed by atoms with van der Waals surface area (Å²) in [5, 5.41) is 0. The van der Waals surface area contributed by atoms with Gasteiger partial charge in [0.25, 0.3) is 5.91 Å². The molecule has 2 aromatic heterocycles. The normalized spacial score (nSPS) is 25.6. The Morgan fingerprint density at radius 1 is 1.20 bits per heavy atom. The fourth-order valence-electron chi connectivity index (χ4n) is 3.59. The first-order valence-corrected chi connectivity index (χ1v) is 8.52. The van der Waals surface area contributed by atoms with Crippen LogP contribution < -0.4 is 0 Å². The number of hydrogen-bond acceptors (Lipinski definition) is 6. The summed E-state index contributed by atoms with van der Waals surface area (Å²) >= 11 is 0. The molecule has 3 atom stereocenters. The van der Waals surface area contributed by atoms with Crippen LogP contribution in [0, 0.1) is 0 Å². The molecule has 0 spiro atoms. The Balaban J connectivity index is 1.42. The molecule has 4 rings (SSSR count). The fraction of sp³-hybridized carbons (Fsp3) is 0.444. The molecular formula is C18H20N4O3. The van der Waals surface area contributed by atoms with Gasteiger partial charge in [0, 0.05) is 25.1 Å². The van der Waals surface area contributed by atoms with Crippen molar-refractivity contribution in [3.63, 3.8) is 0 Å². The molecule has 0 N–H and O–H groups in total. The smallest absolute Gasteiger partial charge is 0.272 e. The largest absolute Gasteiger partial charge is 0.372 e. The van der Waals surface area contributed by atoms with Gasteiger partial charge in [0.05, 0.1) is 25.4 Å². The zero-order valence-electron chi connectivity index (χ0n) is 13.8. The number of carbonyl (C=O) groups excluding carboxylic acids is 1. The molecule has 1 saturated heterocycles. The van der Waals surface area contributed by atoms with E-state index in [9.17, 15) is 4.79 Å². The Morgan fingerprint density at radius 3 is 2.84 bits per heavy atom. The molecule has 0 aromatic carbocycles. The second-order valence-corrected chi connectivity index (χ2v) is 6.28. The van der Waals surface area contributed by atoms with Crippen molar-refractivity contribution in [2.75, 3.05) is 13.2 Å². The first kappa shape index (κ1) is 16.1. The van der Waals surface area contributed by atoms with Crippen LogP contribution in [0.1, 0.15) is 28.9 Å². The zero-order chi connectivity index (χ0) is 17.1. The van der Waals surface area contributed by atoms with Gasteiger partial charge in [-0.1, -0.05) is 0 Å². The van der Waals surface area contributed by atoms with Gasteiger partial charge in [0.1, 0.15) is 18.1 Å². The predicted octanol–water partition coefficient (Wildman–Crippen LogP) is 1.46. The van der Waals surface area contributed by atoms with E-state index in [1.807, 2.05) is 17.0 Å². The van der Waals surface area contributed by atoms with E-state index in [0.29, 0.717) is 25.5 Å². The molecule has 2 aliphatic rings. The zero-order valence-corrected chi connectivity index (χ0v) is 13.8. The van der Waals surface area contributed by atoms with Crippen molar-refractivity contribution in [2.45, 2.75) is 37.7 Å². The van der Waals surface area contributed by atoms with Crippen LogP contribution in [0.5, 0.6) is 0 Å². The summed E-state index contributed by atoms with van der Waals surface area (Å²) in [5.74, 6) is -0.0597. The highest BCUT2D eigenvalue weighted by atomic mass is 16.5. The van der Waals surface area contributed by atoms with Crippen molar-refractivity contribution in [1.82, 2.24) is 19.9 Å². The summed E-state index contributed by atoms with van der Waals surface area (Å²) < 4.78 is 12.0. The number of pyridine rings is 1. The highest BCUT2D eigenvalue weighted by Crippen LogP contribution is 2.33. The number of carbonyl (C=O) groups is 1. The molecule has 7 heteroatoms. The minimum Gasteiger partial charge on any atom is -0.372 e. The van der Waals surface area contributed by atoms with Gasteiger partial charge < -0.3 is 14.4 Å². The number of morpholine rings is 1. The number of amides is 1. The van der Waals surface area contributed by atoms with E-state index < -0.39 is 0 Å². The molecule has 25 heavy (non-hydrogen) atoms. The maximum atomic E-state index is 12.8. The lowest BCUT2D eigenvalue weighted by molar-refractivity contribution is -0.108. The summed E-state index contributed by atoms with van der Waals surface area (Å²) in [6.07, 6.45) is 8.19. The lowest BCUT2D eigenvalue weighted by Crippen LogP contribution is -2.54. The summed E-state index contributed by atoms with van der Waals surface area (Å²) in [4.78, 5) is 26.6. The second kappa shape index (κ2) is 7.25. The van der Waals surface area contributed by atoms with Gasteiger partial charge in [-0.3, -0.25) is 9.78 Å². The van der Waals surface area contributed by atoms with E-state index in [4.69, 9.17) is 9.47 Å². The van der Waals surface area contributed by atoms with E-state index in [0.717, 1.165) is 18.4 Å². The number of rotatable bonds is 4. The number of nitrogens with zero attached hydrogens (tertiary/aromatic N) is 4. The Kier molecular flexibility index (Phi) is 4.67. The molecule has 2 fully saturated rings. The van der Waals surface area contributed by atoms with Gasteiger partial charge in [0.15, 0.2) is 0 Å². The van der Waals surface area contributed by atoms with Gasteiger partial charge in [0.2, 0.25) is 0 Å². The fourth-order valence-corrected chi connectivity index (χ4v) is 3.59. The van der Waals surface area contributed by atoms with Crippen molar-refractivity contribution in [3.05, 3.63) is 54.4 Å². The number of aromatic nitrogens is 3. The molecule has 7 nitrogen and oxygen atoms in total. The summed E-state index contributed by atoms with van der Waals surface area (Å²) in [5.41, 5.74) is 1.51. The van der Waals surface area contributed by atoms with Crippen molar-refractivity contribution in [3.8, 4) is 0 Å². The van der Waals surface area contributed by atoms with Crippen LogP contribution in [0.4, 0.5) is 0 Å². The van der Waals surface area contributed by atoms with Crippen LogP contribution >= 0.6 is 0 Å². The maximum Gasteiger partial charge on any atom is 0.272 e. The minimum atomic E-state index is -0.0821. The van der Waals surface area contributed by atoms with Crippen LogP contribution in [0.2, 0.25) is 0 Å². The van der Waals surface area contributed by atoms with Gasteiger partial charge in [-0.15, -0.1) is 0 Å². The van der Waals surface area contributed by atoms with Crippen LogP contribution in [-0.4, -0.2) is 57.2 Å². The van der Waals surface area contributed by atoms with Crippen molar-refractivity contribution in [2.24, 2.45) is 0 Å². The maximum absolute atomic E-state index is 12.8. The summed E-state index contributed by atoms with van der Waals surface area (Å²) in [6, 6.07) is 5.58. The second-order valence-electron chi connectivity index (χ2n) is 6.28. The van der Waals surface area contributed by atoms with Gasteiger partial charge >= 0.3 is 0 Å². The van der Waals surface area contributed by atoms with E-state index in [2.05, 4.69) is 15.0 Å². The van der Waals surface area contributed by atoms with Crippen molar-refractivity contribution in [1.29, 1.82) is 0 Å². The topological polar surface area (TPSA) is 77.4 Å². The van der Waals surface area contributed by atoms with Gasteiger partial charge in [-0.2, -0.15) is 0 Å². The van der Waals surface area contributed by atoms with E-state index in [1.165, 1.54) is 6.33 Å². The van der Waals surface area contributed by atoms with E-state index >= 15 is 0 Å². The molecule has 0 bridgehead atoms. The summed E-state index contributed by atoms with van der Waals surface area (Å²) in [6.45, 7) is 1.63. The molecule has 1 aliphatic carbocycles. The molecule has 0 radical (unpaired) electrons. The van der Waals surface area contributed by atoms with Crippen LogP contribution in [0.25, 0.3) is 0 Å². The van der Waals surface area contributed by atoms with E-state index in [1.54, 1.807) is 24.7 Å². The number of fused-ring (bicyclic) bond motifs is 1. The van der Waals surface area contributed by atoms with Crippen molar-refractivity contribution >= 4 is 5.91 Å². The third-order valence-electron chi connectivity index (χ3n) is 4.81. The molecular weight excluding hydrogens is 320 g/mol. The lowest BCUT2D eigenvalue weighted by atomic mass is 10.1. The quantitative estimate of drug-likeness (QED) is 0.839. The third-order valence-corrected chi connectivity index (χ3v) is 4.81. The molecule has 1 saturated carbocycles. The third kappa shape index (κ3) is 3.38. The molecule has 0 unspecified atom stereocenters. The van der Waals surface area contributed by atoms with Crippen molar-refractivity contribution < 1.29 is 14.3 Å². The molecule has 2 aromatic rings. The molecule has 130 valence electrons. The molecule has 3 heterocycles. The molecule has 1 amide bonds. The SMILES string of the molecule is O=C(c1ccncn1)N1CCO[C@@H]2[C@H]1CC[C@H]2OCc1ccncc1. The first-order chi connectivity index (χ1) is 12.3. The highest BCUT2D eigenvalue weighted by Gasteiger charge is 2.45. The minimum absolute atomic E-state index is 0.000774. The number of hydrogen-bond donors (Lipinski definition) is 0. The Morgan fingerprint density at radius 2 is 2.04 bits per heavy atom. The van der Waals surface area contributed by atoms with E-state index in [-0.39, 0.29) is 24.2 Å². The van der Waals surface area contributed by atoms with Gasteiger partial charge in [-0.05, 0) is 36.6 Å². The monoisotopic (exact) mass is 340 g/mol. The van der Waals surface area contributed by atoms with Crippen LogP contribution in [0.15, 0.2) is 43.1 Å². The van der Waals surface area contributed by atoms with Crippen LogP contribution in [0.3, 0.4) is 0 Å². The standard InChI is InChI=1S/C18H20N4O3/c23-18(14-5-8-20-12-21-14)22-9-10-24-17-15(22)1-2-16(17)25-11-13-3-6-19-7-4-13/h3-8,12,15-17H,1-2,9-11H2/t15-,16-,17-/m1/s1. The van der Waals surface area contributed by atoms with Crippen LogP contribution in [-0.2, 0) is 16.1 Å². The Bertz CT molecular complexity index is 713. The lowest BCUT2D eigenvalue weighted by Gasteiger charge is -2.38.